The number of hydrogen-bond acceptors (Lipinski definition) is 4. The Morgan fingerprint density at radius 2 is 2.22 bits per heavy atom. The van der Waals surface area contributed by atoms with Gasteiger partial charge in [0.2, 0.25) is 0 Å². The number of aryl methyl sites for hydroxylation is 1. The van der Waals surface area contributed by atoms with E-state index in [2.05, 4.69) is 31.3 Å². The summed E-state index contributed by atoms with van der Waals surface area (Å²) in [4.78, 5) is 1.40. The summed E-state index contributed by atoms with van der Waals surface area (Å²) in [5.74, 6) is 0.543. The number of tetrazole rings is 1. The Balaban J connectivity index is 2.30. The van der Waals surface area contributed by atoms with Crippen molar-refractivity contribution in [3.8, 4) is 0 Å². The quantitative estimate of drug-likeness (QED) is 0.935. The first-order valence-corrected chi connectivity index (χ1v) is 6.54. The number of rotatable bonds is 4. The second-order valence-corrected chi connectivity index (χ2v) is 5.18. The molecule has 2 aromatic rings. The zero-order valence-corrected chi connectivity index (χ0v) is 11.9. The highest BCUT2D eigenvalue weighted by Gasteiger charge is 2.29. The molecule has 0 bridgehead atoms. The van der Waals surface area contributed by atoms with Gasteiger partial charge in [-0.05, 0) is 29.3 Å². The van der Waals surface area contributed by atoms with Crippen LogP contribution >= 0.6 is 15.9 Å². The van der Waals surface area contributed by atoms with Crippen molar-refractivity contribution >= 4 is 15.9 Å². The van der Waals surface area contributed by atoms with Crippen LogP contribution in [0.25, 0.3) is 0 Å². The molecule has 2 rings (SSSR count). The van der Waals surface area contributed by atoms with Crippen LogP contribution in [0.2, 0.25) is 0 Å². The molecule has 18 heavy (non-hydrogen) atoms. The molecule has 0 saturated heterocycles. The van der Waals surface area contributed by atoms with Crippen LogP contribution in [0.3, 0.4) is 0 Å². The summed E-state index contributed by atoms with van der Waals surface area (Å²) in [6.45, 7) is 1.94. The third kappa shape index (κ3) is 2.76. The second kappa shape index (κ2) is 5.16. The van der Waals surface area contributed by atoms with E-state index in [4.69, 9.17) is 0 Å². The van der Waals surface area contributed by atoms with Crippen LogP contribution < -0.4 is 0 Å². The van der Waals surface area contributed by atoms with Crippen LogP contribution in [0, 0.1) is 0 Å². The zero-order chi connectivity index (χ0) is 13.2. The molecule has 1 aromatic carbocycles. The van der Waals surface area contributed by atoms with Gasteiger partial charge < -0.3 is 5.11 Å². The maximum atomic E-state index is 10.7. The highest BCUT2D eigenvalue weighted by Crippen LogP contribution is 2.29. The molecule has 1 atom stereocenters. The number of benzene rings is 1. The molecule has 0 aliphatic heterocycles. The van der Waals surface area contributed by atoms with Crippen molar-refractivity contribution in [2.24, 2.45) is 7.05 Å². The lowest BCUT2D eigenvalue weighted by Gasteiger charge is -2.26. The van der Waals surface area contributed by atoms with Crippen LogP contribution in [-0.4, -0.2) is 25.3 Å². The zero-order valence-electron chi connectivity index (χ0n) is 10.3. The van der Waals surface area contributed by atoms with E-state index in [1.165, 1.54) is 4.80 Å². The Labute approximate surface area is 114 Å². The van der Waals surface area contributed by atoms with Crippen molar-refractivity contribution < 1.29 is 5.11 Å². The molecule has 5 nitrogen and oxygen atoms in total. The highest BCUT2D eigenvalue weighted by atomic mass is 79.9. The molecule has 6 heteroatoms. The average molecular weight is 311 g/mol. The fourth-order valence-electron chi connectivity index (χ4n) is 1.86. The van der Waals surface area contributed by atoms with E-state index in [1.807, 2.05) is 31.2 Å². The molecule has 1 N–H and O–H groups in total. The standard InChI is InChI=1S/C12H15BrN4O/c1-3-12(18,8-11-14-16-17(2)15-11)9-5-4-6-10(13)7-9/h4-7,18H,3,8H2,1-2H3. The van der Waals surface area contributed by atoms with Gasteiger partial charge in [0.05, 0.1) is 12.6 Å². The van der Waals surface area contributed by atoms with Crippen molar-refractivity contribution in [2.75, 3.05) is 0 Å². The van der Waals surface area contributed by atoms with Gasteiger partial charge in [-0.1, -0.05) is 35.0 Å². The highest BCUT2D eigenvalue weighted by molar-refractivity contribution is 9.10. The van der Waals surface area contributed by atoms with Crippen LogP contribution in [0.4, 0.5) is 0 Å². The van der Waals surface area contributed by atoms with Gasteiger partial charge in [0.25, 0.3) is 0 Å². The van der Waals surface area contributed by atoms with E-state index in [9.17, 15) is 5.11 Å². The molecule has 0 aliphatic rings. The molecule has 96 valence electrons. The number of aliphatic hydroxyl groups is 1. The molecule has 0 saturated carbocycles. The van der Waals surface area contributed by atoms with Crippen molar-refractivity contribution in [1.82, 2.24) is 20.2 Å². The van der Waals surface area contributed by atoms with E-state index >= 15 is 0 Å². The van der Waals surface area contributed by atoms with Crippen molar-refractivity contribution in [1.29, 1.82) is 0 Å². The van der Waals surface area contributed by atoms with Crippen molar-refractivity contribution in [3.63, 3.8) is 0 Å². The minimum Gasteiger partial charge on any atom is -0.385 e. The SMILES string of the molecule is CCC(O)(Cc1nnn(C)n1)c1cccc(Br)c1. The summed E-state index contributed by atoms with van der Waals surface area (Å²) < 4.78 is 0.944. The van der Waals surface area contributed by atoms with E-state index < -0.39 is 5.60 Å². The fourth-order valence-corrected chi connectivity index (χ4v) is 2.26. The lowest BCUT2D eigenvalue weighted by Crippen LogP contribution is -2.28. The van der Waals surface area contributed by atoms with Crippen molar-refractivity contribution in [2.45, 2.75) is 25.4 Å². The predicted octanol–water partition coefficient (Wildman–Crippen LogP) is 1.81. The Morgan fingerprint density at radius 3 is 2.78 bits per heavy atom. The fraction of sp³-hybridized carbons (Fsp3) is 0.417. The smallest absolute Gasteiger partial charge is 0.178 e. The molecule has 0 amide bonds. The van der Waals surface area contributed by atoms with Gasteiger partial charge in [-0.2, -0.15) is 4.80 Å². The molecule has 0 fully saturated rings. The third-order valence-corrected chi connectivity index (χ3v) is 3.44. The molecular weight excluding hydrogens is 296 g/mol. The molecule has 1 aromatic heterocycles. The van der Waals surface area contributed by atoms with Gasteiger partial charge >= 0.3 is 0 Å². The van der Waals surface area contributed by atoms with Crippen LogP contribution in [0.5, 0.6) is 0 Å². The third-order valence-electron chi connectivity index (χ3n) is 2.95. The molecular formula is C12H15BrN4O. The first-order chi connectivity index (χ1) is 8.53. The Morgan fingerprint density at radius 1 is 1.44 bits per heavy atom. The van der Waals surface area contributed by atoms with E-state index in [0.717, 1.165) is 10.0 Å². The minimum absolute atomic E-state index is 0.355. The minimum atomic E-state index is -0.965. The van der Waals surface area contributed by atoms with Gasteiger partial charge in [-0.3, -0.25) is 0 Å². The molecule has 0 radical (unpaired) electrons. The monoisotopic (exact) mass is 310 g/mol. The number of nitrogens with zero attached hydrogens (tertiary/aromatic N) is 4. The summed E-state index contributed by atoms with van der Waals surface area (Å²) in [6, 6.07) is 7.66. The maximum Gasteiger partial charge on any atom is 0.178 e. The van der Waals surface area contributed by atoms with Gasteiger partial charge in [-0.25, -0.2) is 0 Å². The number of halogens is 1. The summed E-state index contributed by atoms with van der Waals surface area (Å²) in [5.41, 5.74) is -0.112. The Hall–Kier alpha value is -1.27. The maximum absolute atomic E-state index is 10.7. The summed E-state index contributed by atoms with van der Waals surface area (Å²) in [6.07, 6.45) is 0.940. The lowest BCUT2D eigenvalue weighted by molar-refractivity contribution is 0.0306. The molecule has 0 spiro atoms. The predicted molar refractivity (Wildman–Crippen MR) is 70.8 cm³/mol. The van der Waals surface area contributed by atoms with E-state index in [1.54, 1.807) is 7.05 Å². The topological polar surface area (TPSA) is 63.8 Å². The van der Waals surface area contributed by atoms with Gasteiger partial charge in [0, 0.05) is 10.9 Å². The normalized spacial score (nSPS) is 14.4. The van der Waals surface area contributed by atoms with Crippen molar-refractivity contribution in [3.05, 3.63) is 40.1 Å². The lowest BCUT2D eigenvalue weighted by atomic mass is 9.88. The summed E-state index contributed by atoms with van der Waals surface area (Å²) in [7, 11) is 1.71. The Kier molecular flexibility index (Phi) is 3.77. The Bertz CT molecular complexity index is 542. The largest absolute Gasteiger partial charge is 0.385 e. The average Bonchev–Trinajstić information content (AvgIpc) is 2.74. The molecule has 1 unspecified atom stereocenters. The molecule has 0 aliphatic carbocycles. The van der Waals surface area contributed by atoms with E-state index in [0.29, 0.717) is 18.7 Å². The molecule has 1 heterocycles. The second-order valence-electron chi connectivity index (χ2n) is 4.27. The van der Waals surface area contributed by atoms with E-state index in [-0.39, 0.29) is 0 Å². The summed E-state index contributed by atoms with van der Waals surface area (Å²) in [5, 5.41) is 22.6. The number of aromatic nitrogens is 4. The van der Waals surface area contributed by atoms with Crippen LogP contribution in [0.15, 0.2) is 28.7 Å². The van der Waals surface area contributed by atoms with Gasteiger partial charge in [0.1, 0.15) is 0 Å². The number of hydrogen-bond donors (Lipinski definition) is 1. The summed E-state index contributed by atoms with van der Waals surface area (Å²) >= 11 is 3.41. The first kappa shape index (κ1) is 13.2. The van der Waals surface area contributed by atoms with Gasteiger partial charge in [-0.15, -0.1) is 10.2 Å². The van der Waals surface area contributed by atoms with Gasteiger partial charge in [0.15, 0.2) is 5.82 Å². The van der Waals surface area contributed by atoms with Crippen LogP contribution in [0.1, 0.15) is 24.7 Å². The first-order valence-electron chi connectivity index (χ1n) is 5.75. The van der Waals surface area contributed by atoms with Crippen LogP contribution in [-0.2, 0) is 19.1 Å².